The standard InChI is InChI=1S/C25H23Cl2N3O3/c1-17-6-2-5-9-22(17)29-24(31)12-13-25(32)30-28-15-19-14-20(26)10-11-23(19)33-16-18-7-3-4-8-21(18)27/h2-11,14-15H,12-13,16H2,1H3,(H,29,31)(H,30,32). The Bertz CT molecular complexity index is 1170. The van der Waals surface area contributed by atoms with Crippen LogP contribution in [-0.2, 0) is 16.2 Å². The molecular weight excluding hydrogens is 461 g/mol. The van der Waals surface area contributed by atoms with Gasteiger partial charge in [-0.15, -0.1) is 0 Å². The molecule has 2 N–H and O–H groups in total. The van der Waals surface area contributed by atoms with Gasteiger partial charge in [-0.3, -0.25) is 9.59 Å². The maximum atomic E-state index is 12.1. The van der Waals surface area contributed by atoms with Crippen molar-refractivity contribution in [3.05, 3.63) is 93.5 Å². The SMILES string of the molecule is Cc1ccccc1NC(=O)CCC(=O)NN=Cc1cc(Cl)ccc1OCc1ccccc1Cl. The molecule has 0 unspecified atom stereocenters. The van der Waals surface area contributed by atoms with Crippen molar-refractivity contribution in [1.82, 2.24) is 5.43 Å². The fraction of sp³-hybridized carbons (Fsp3) is 0.160. The van der Waals surface area contributed by atoms with Crippen molar-refractivity contribution >= 4 is 46.9 Å². The largest absolute Gasteiger partial charge is 0.488 e. The van der Waals surface area contributed by atoms with Crippen LogP contribution < -0.4 is 15.5 Å². The number of halogens is 2. The number of nitrogens with one attached hydrogen (secondary N) is 2. The minimum absolute atomic E-state index is 0.000460. The second kappa shape index (κ2) is 12.0. The van der Waals surface area contributed by atoms with Crippen molar-refractivity contribution in [3.8, 4) is 5.75 Å². The van der Waals surface area contributed by atoms with E-state index in [0.717, 1.165) is 16.8 Å². The van der Waals surface area contributed by atoms with Gasteiger partial charge in [0.05, 0.1) is 6.21 Å². The van der Waals surface area contributed by atoms with Crippen molar-refractivity contribution in [2.45, 2.75) is 26.4 Å². The van der Waals surface area contributed by atoms with Gasteiger partial charge in [-0.05, 0) is 42.8 Å². The molecule has 3 rings (SSSR count). The molecule has 8 heteroatoms. The van der Waals surface area contributed by atoms with E-state index in [0.29, 0.717) is 21.4 Å². The highest BCUT2D eigenvalue weighted by Gasteiger charge is 2.09. The monoisotopic (exact) mass is 483 g/mol. The number of amides is 2. The summed E-state index contributed by atoms with van der Waals surface area (Å²) in [5, 5.41) is 7.88. The molecule has 2 amide bonds. The number of anilines is 1. The zero-order valence-electron chi connectivity index (χ0n) is 18.0. The van der Waals surface area contributed by atoms with Gasteiger partial charge in [-0.1, -0.05) is 59.6 Å². The molecule has 0 aliphatic carbocycles. The molecule has 0 bridgehead atoms. The van der Waals surface area contributed by atoms with Gasteiger partial charge < -0.3 is 10.1 Å². The second-order valence-corrected chi connectivity index (χ2v) is 8.06. The maximum absolute atomic E-state index is 12.1. The van der Waals surface area contributed by atoms with Crippen LogP contribution in [0.1, 0.15) is 29.5 Å². The molecule has 0 aliphatic heterocycles. The summed E-state index contributed by atoms with van der Waals surface area (Å²) in [5.74, 6) is -0.0878. The number of ether oxygens (including phenoxy) is 1. The Balaban J connectivity index is 1.52. The van der Waals surface area contributed by atoms with Gasteiger partial charge in [0.1, 0.15) is 12.4 Å². The lowest BCUT2D eigenvalue weighted by atomic mass is 10.2. The number of hydrazone groups is 1. The number of carbonyl (C=O) groups is 2. The van der Waals surface area contributed by atoms with Crippen LogP contribution in [0.3, 0.4) is 0 Å². The van der Waals surface area contributed by atoms with Crippen LogP contribution >= 0.6 is 23.2 Å². The molecule has 0 aliphatic rings. The number of rotatable bonds is 9. The molecule has 3 aromatic rings. The minimum Gasteiger partial charge on any atom is -0.488 e. The van der Waals surface area contributed by atoms with E-state index in [-0.39, 0.29) is 31.3 Å². The van der Waals surface area contributed by atoms with Gasteiger partial charge in [0.25, 0.3) is 0 Å². The first kappa shape index (κ1) is 24.3. The van der Waals surface area contributed by atoms with E-state index in [9.17, 15) is 9.59 Å². The normalized spacial score (nSPS) is 10.8. The van der Waals surface area contributed by atoms with E-state index in [4.69, 9.17) is 27.9 Å². The predicted molar refractivity (Wildman–Crippen MR) is 132 cm³/mol. The third kappa shape index (κ3) is 7.63. The fourth-order valence-electron chi connectivity index (χ4n) is 2.91. The zero-order chi connectivity index (χ0) is 23.6. The molecule has 0 saturated heterocycles. The molecule has 0 aromatic heterocycles. The number of hydrogen-bond acceptors (Lipinski definition) is 4. The first-order valence-corrected chi connectivity index (χ1v) is 11.0. The summed E-state index contributed by atoms with van der Waals surface area (Å²) in [6, 6.07) is 19.9. The highest BCUT2D eigenvalue weighted by molar-refractivity contribution is 6.31. The highest BCUT2D eigenvalue weighted by Crippen LogP contribution is 2.24. The predicted octanol–water partition coefficient (Wildman–Crippen LogP) is 5.75. The lowest BCUT2D eigenvalue weighted by molar-refractivity contribution is -0.124. The van der Waals surface area contributed by atoms with E-state index in [1.807, 2.05) is 49.4 Å². The van der Waals surface area contributed by atoms with Crippen LogP contribution in [0, 0.1) is 6.92 Å². The molecule has 170 valence electrons. The minimum atomic E-state index is -0.383. The molecule has 6 nitrogen and oxygen atoms in total. The molecular formula is C25H23Cl2N3O3. The Morgan fingerprint density at radius 1 is 0.970 bits per heavy atom. The van der Waals surface area contributed by atoms with Crippen molar-refractivity contribution in [2.24, 2.45) is 5.10 Å². The Labute approximate surface area is 202 Å². The fourth-order valence-corrected chi connectivity index (χ4v) is 3.28. The van der Waals surface area contributed by atoms with E-state index < -0.39 is 0 Å². The lowest BCUT2D eigenvalue weighted by Gasteiger charge is -2.10. The first-order chi connectivity index (χ1) is 15.9. The average Bonchev–Trinajstić information content (AvgIpc) is 2.80. The number of nitrogens with zero attached hydrogens (tertiary/aromatic N) is 1. The van der Waals surface area contributed by atoms with Gasteiger partial charge in [0.2, 0.25) is 11.8 Å². The summed E-state index contributed by atoms with van der Waals surface area (Å²) >= 11 is 12.3. The highest BCUT2D eigenvalue weighted by atomic mass is 35.5. The second-order valence-electron chi connectivity index (χ2n) is 7.22. The van der Waals surface area contributed by atoms with E-state index >= 15 is 0 Å². The Hall–Kier alpha value is -3.35. The Morgan fingerprint density at radius 2 is 1.70 bits per heavy atom. The summed E-state index contributed by atoms with van der Waals surface area (Å²) in [6.45, 7) is 2.17. The van der Waals surface area contributed by atoms with Crippen molar-refractivity contribution in [2.75, 3.05) is 5.32 Å². The van der Waals surface area contributed by atoms with Crippen molar-refractivity contribution in [1.29, 1.82) is 0 Å². The molecule has 0 fully saturated rings. The average molecular weight is 484 g/mol. The molecule has 33 heavy (non-hydrogen) atoms. The maximum Gasteiger partial charge on any atom is 0.240 e. The number of carbonyl (C=O) groups excluding carboxylic acids is 2. The van der Waals surface area contributed by atoms with Crippen molar-refractivity contribution < 1.29 is 14.3 Å². The van der Waals surface area contributed by atoms with Crippen LogP contribution in [-0.4, -0.2) is 18.0 Å². The number of para-hydroxylation sites is 1. The number of benzene rings is 3. The van der Waals surface area contributed by atoms with E-state index in [1.54, 1.807) is 24.3 Å². The first-order valence-electron chi connectivity index (χ1n) is 10.3. The summed E-state index contributed by atoms with van der Waals surface area (Å²) in [7, 11) is 0. The summed E-state index contributed by atoms with van der Waals surface area (Å²) in [6.07, 6.45) is 1.48. The van der Waals surface area contributed by atoms with E-state index in [1.165, 1.54) is 6.21 Å². The summed E-state index contributed by atoms with van der Waals surface area (Å²) in [4.78, 5) is 24.2. The van der Waals surface area contributed by atoms with Gasteiger partial charge in [0.15, 0.2) is 0 Å². The number of aryl methyl sites for hydroxylation is 1. The van der Waals surface area contributed by atoms with Gasteiger partial charge in [-0.25, -0.2) is 5.43 Å². The summed E-state index contributed by atoms with van der Waals surface area (Å²) in [5.41, 5.74) is 5.53. The van der Waals surface area contributed by atoms with Crippen LogP contribution in [0.5, 0.6) is 5.75 Å². The van der Waals surface area contributed by atoms with Gasteiger partial charge in [-0.2, -0.15) is 5.10 Å². The molecule has 0 saturated carbocycles. The van der Waals surface area contributed by atoms with Gasteiger partial charge in [0, 0.05) is 39.7 Å². The lowest BCUT2D eigenvalue weighted by Crippen LogP contribution is -2.20. The molecule has 0 heterocycles. The summed E-state index contributed by atoms with van der Waals surface area (Å²) < 4.78 is 5.86. The topological polar surface area (TPSA) is 79.8 Å². The zero-order valence-corrected chi connectivity index (χ0v) is 19.5. The smallest absolute Gasteiger partial charge is 0.240 e. The molecule has 0 atom stereocenters. The molecule has 3 aromatic carbocycles. The van der Waals surface area contributed by atoms with E-state index in [2.05, 4.69) is 15.8 Å². The Kier molecular flexibility index (Phi) is 8.87. The Morgan fingerprint density at radius 3 is 2.48 bits per heavy atom. The van der Waals surface area contributed by atoms with Crippen LogP contribution in [0.25, 0.3) is 0 Å². The molecule has 0 spiro atoms. The van der Waals surface area contributed by atoms with Crippen LogP contribution in [0.15, 0.2) is 71.8 Å². The molecule has 0 radical (unpaired) electrons. The van der Waals surface area contributed by atoms with Crippen LogP contribution in [0.2, 0.25) is 10.0 Å². The third-order valence-corrected chi connectivity index (χ3v) is 5.31. The van der Waals surface area contributed by atoms with Crippen LogP contribution in [0.4, 0.5) is 5.69 Å². The third-order valence-electron chi connectivity index (χ3n) is 4.70. The van der Waals surface area contributed by atoms with Gasteiger partial charge >= 0.3 is 0 Å². The number of hydrogen-bond donors (Lipinski definition) is 2. The quantitative estimate of drug-likeness (QED) is 0.300. The van der Waals surface area contributed by atoms with Crippen molar-refractivity contribution in [3.63, 3.8) is 0 Å².